The summed E-state index contributed by atoms with van der Waals surface area (Å²) in [5, 5.41) is 17.3. The van der Waals surface area contributed by atoms with E-state index < -0.39 is 24.5 Å². The van der Waals surface area contributed by atoms with Gasteiger partial charge in [-0.3, -0.25) is 9.59 Å². The lowest BCUT2D eigenvalue weighted by molar-refractivity contribution is -0.304. The van der Waals surface area contributed by atoms with E-state index in [1.807, 2.05) is 30.5 Å². The lowest BCUT2D eigenvalue weighted by Crippen LogP contribution is -2.58. The Morgan fingerprint density at radius 3 is 2.35 bits per heavy atom. The van der Waals surface area contributed by atoms with Crippen LogP contribution in [0.15, 0.2) is 30.5 Å². The van der Waals surface area contributed by atoms with Gasteiger partial charge in [-0.2, -0.15) is 0 Å². The van der Waals surface area contributed by atoms with Crippen LogP contribution in [-0.4, -0.2) is 35.4 Å². The molecule has 4 aliphatic rings. The summed E-state index contributed by atoms with van der Waals surface area (Å²) in [6, 6.07) is 6.95. The van der Waals surface area contributed by atoms with E-state index in [1.54, 1.807) is 0 Å². The van der Waals surface area contributed by atoms with E-state index in [1.165, 1.54) is 19.3 Å². The molecule has 4 saturated carbocycles. The molecule has 4 bridgehead atoms. The number of carboxylic acids is 1. The van der Waals surface area contributed by atoms with Crippen molar-refractivity contribution >= 4 is 28.7 Å². The summed E-state index contributed by atoms with van der Waals surface area (Å²) in [6.07, 6.45) is 8.57. The summed E-state index contributed by atoms with van der Waals surface area (Å²) in [5.41, 5.74) is 1.50. The zero-order chi connectivity index (χ0) is 21.6. The SMILES string of the molecule is O=C([O-])CNC(=O)[C@@H](Cc1c[nH]c2ccccc12)NC(=O)C12CC3CC(CC(C3)C1)C2. The van der Waals surface area contributed by atoms with Gasteiger partial charge in [0.15, 0.2) is 0 Å². The fourth-order valence-corrected chi connectivity index (χ4v) is 6.71. The van der Waals surface area contributed by atoms with E-state index in [0.29, 0.717) is 24.2 Å². The Morgan fingerprint density at radius 2 is 1.71 bits per heavy atom. The van der Waals surface area contributed by atoms with Gasteiger partial charge in [0.25, 0.3) is 0 Å². The first-order valence-corrected chi connectivity index (χ1v) is 11.3. The molecule has 4 aliphatic carbocycles. The molecular weight excluding hydrogens is 394 g/mol. The fraction of sp³-hybridized carbons (Fsp3) is 0.542. The van der Waals surface area contributed by atoms with Gasteiger partial charge in [0, 0.05) is 28.9 Å². The van der Waals surface area contributed by atoms with E-state index in [2.05, 4.69) is 15.6 Å². The van der Waals surface area contributed by atoms with Crippen LogP contribution in [0.25, 0.3) is 10.9 Å². The zero-order valence-corrected chi connectivity index (χ0v) is 17.5. The third-order valence-electron chi connectivity index (χ3n) is 7.65. The van der Waals surface area contributed by atoms with Crippen molar-refractivity contribution < 1.29 is 19.5 Å². The molecule has 2 amide bonds. The molecule has 0 unspecified atom stereocenters. The van der Waals surface area contributed by atoms with Gasteiger partial charge >= 0.3 is 0 Å². The Hall–Kier alpha value is -2.83. The summed E-state index contributed by atoms with van der Waals surface area (Å²) < 4.78 is 0. The number of benzene rings is 1. The summed E-state index contributed by atoms with van der Waals surface area (Å²) >= 11 is 0. The Kier molecular flexibility index (Phi) is 4.99. The number of nitrogens with one attached hydrogen (secondary N) is 3. The highest BCUT2D eigenvalue weighted by Crippen LogP contribution is 2.60. The number of fused-ring (bicyclic) bond motifs is 1. The highest BCUT2D eigenvalue weighted by Gasteiger charge is 2.54. The van der Waals surface area contributed by atoms with Gasteiger partial charge in [0.05, 0.1) is 12.5 Å². The normalized spacial score (nSPS) is 29.6. The monoisotopic (exact) mass is 422 g/mol. The predicted octanol–water partition coefficient (Wildman–Crippen LogP) is 1.28. The number of H-pyrrole nitrogens is 1. The molecule has 164 valence electrons. The number of carbonyl (C=O) groups is 3. The number of aromatic amines is 1. The van der Waals surface area contributed by atoms with Gasteiger partial charge in [0.1, 0.15) is 6.04 Å². The van der Waals surface area contributed by atoms with Crippen LogP contribution in [0.4, 0.5) is 0 Å². The molecule has 1 atom stereocenters. The van der Waals surface area contributed by atoms with Crippen molar-refractivity contribution in [2.75, 3.05) is 6.54 Å². The van der Waals surface area contributed by atoms with Crippen LogP contribution < -0.4 is 15.7 Å². The molecule has 0 saturated heterocycles. The molecular formula is C24H28N3O4-. The van der Waals surface area contributed by atoms with Gasteiger partial charge in [-0.05, 0) is 67.9 Å². The topological polar surface area (TPSA) is 114 Å². The maximum absolute atomic E-state index is 13.5. The Bertz CT molecular complexity index is 991. The van der Waals surface area contributed by atoms with Gasteiger partial charge in [-0.15, -0.1) is 0 Å². The third-order valence-corrected chi connectivity index (χ3v) is 7.65. The molecule has 1 aromatic carbocycles. The molecule has 0 aliphatic heterocycles. The van der Waals surface area contributed by atoms with Crippen molar-refractivity contribution in [2.45, 2.75) is 51.0 Å². The number of rotatable bonds is 7. The third kappa shape index (κ3) is 3.82. The molecule has 0 radical (unpaired) electrons. The highest BCUT2D eigenvalue weighted by atomic mass is 16.4. The Balaban J connectivity index is 1.37. The molecule has 1 heterocycles. The van der Waals surface area contributed by atoms with E-state index in [-0.39, 0.29) is 11.3 Å². The lowest BCUT2D eigenvalue weighted by Gasteiger charge is -2.55. The minimum absolute atomic E-state index is 0.0416. The van der Waals surface area contributed by atoms with Crippen molar-refractivity contribution in [1.29, 1.82) is 0 Å². The van der Waals surface area contributed by atoms with Crippen molar-refractivity contribution in [2.24, 2.45) is 23.2 Å². The second-order valence-electron chi connectivity index (χ2n) is 9.88. The Labute approximate surface area is 181 Å². The van der Waals surface area contributed by atoms with E-state index in [9.17, 15) is 19.5 Å². The van der Waals surface area contributed by atoms with Gasteiger partial charge in [0.2, 0.25) is 11.8 Å². The van der Waals surface area contributed by atoms with Gasteiger partial charge in [-0.25, -0.2) is 0 Å². The van der Waals surface area contributed by atoms with Crippen LogP contribution in [0.3, 0.4) is 0 Å². The van der Waals surface area contributed by atoms with Crippen LogP contribution in [0.5, 0.6) is 0 Å². The number of aromatic nitrogens is 1. The summed E-state index contributed by atoms with van der Waals surface area (Å²) in [7, 11) is 0. The van der Waals surface area contributed by atoms with Crippen LogP contribution in [0, 0.1) is 23.2 Å². The molecule has 2 aromatic rings. The van der Waals surface area contributed by atoms with Crippen molar-refractivity contribution in [3.05, 3.63) is 36.0 Å². The van der Waals surface area contributed by atoms with E-state index in [4.69, 9.17) is 0 Å². The first-order chi connectivity index (χ1) is 14.9. The van der Waals surface area contributed by atoms with Crippen LogP contribution >= 0.6 is 0 Å². The van der Waals surface area contributed by atoms with Crippen molar-refractivity contribution in [3.8, 4) is 0 Å². The van der Waals surface area contributed by atoms with E-state index >= 15 is 0 Å². The number of hydrogen-bond donors (Lipinski definition) is 3. The number of hydrogen-bond acceptors (Lipinski definition) is 4. The largest absolute Gasteiger partial charge is 0.548 e. The van der Waals surface area contributed by atoms with Crippen LogP contribution in [0.1, 0.15) is 44.1 Å². The van der Waals surface area contributed by atoms with Crippen LogP contribution in [-0.2, 0) is 20.8 Å². The summed E-state index contributed by atoms with van der Waals surface area (Å²) in [5.74, 6) is -0.0258. The lowest BCUT2D eigenvalue weighted by atomic mass is 9.49. The van der Waals surface area contributed by atoms with Gasteiger partial charge in [-0.1, -0.05) is 18.2 Å². The van der Waals surface area contributed by atoms with E-state index in [0.717, 1.165) is 35.7 Å². The molecule has 1 aromatic heterocycles. The molecule has 0 spiro atoms. The molecule has 3 N–H and O–H groups in total. The minimum Gasteiger partial charge on any atom is -0.548 e. The molecule has 7 heteroatoms. The number of amides is 2. The molecule has 31 heavy (non-hydrogen) atoms. The fourth-order valence-electron chi connectivity index (χ4n) is 6.71. The van der Waals surface area contributed by atoms with Gasteiger partial charge < -0.3 is 25.5 Å². The van der Waals surface area contributed by atoms with Crippen molar-refractivity contribution in [3.63, 3.8) is 0 Å². The average molecular weight is 423 g/mol. The second-order valence-corrected chi connectivity index (χ2v) is 9.88. The minimum atomic E-state index is -1.35. The zero-order valence-electron chi connectivity index (χ0n) is 17.5. The number of carbonyl (C=O) groups excluding carboxylic acids is 3. The predicted molar refractivity (Wildman–Crippen MR) is 113 cm³/mol. The van der Waals surface area contributed by atoms with Crippen molar-refractivity contribution in [1.82, 2.24) is 15.6 Å². The average Bonchev–Trinajstić information content (AvgIpc) is 3.13. The smallest absolute Gasteiger partial charge is 0.243 e. The first-order valence-electron chi connectivity index (χ1n) is 11.3. The summed E-state index contributed by atoms with van der Waals surface area (Å²) in [4.78, 5) is 40.4. The number of aliphatic carboxylic acids is 1. The quantitative estimate of drug-likeness (QED) is 0.624. The Morgan fingerprint density at radius 1 is 1.06 bits per heavy atom. The van der Waals surface area contributed by atoms with Crippen LogP contribution in [0.2, 0.25) is 0 Å². The number of carboxylic acid groups (broad SMARTS) is 1. The standard InChI is InChI=1S/C24H29N3O4/c28-21(29)13-26-22(30)20(8-17-12-25-19-4-2-1-3-18(17)19)27-23(31)24-9-14-5-15(10-24)7-16(6-14)11-24/h1-4,12,14-16,20,25H,5-11,13H2,(H,26,30)(H,27,31)(H,28,29)/p-1/t14?,15?,16?,20-,24?/m1/s1. The highest BCUT2D eigenvalue weighted by molar-refractivity contribution is 5.92. The molecule has 6 rings (SSSR count). The maximum atomic E-state index is 13.5. The molecule has 4 fully saturated rings. The second kappa shape index (κ2) is 7.70. The maximum Gasteiger partial charge on any atom is 0.243 e. The first kappa shape index (κ1) is 20.1. The summed E-state index contributed by atoms with van der Waals surface area (Å²) in [6.45, 7) is -0.573. The number of para-hydroxylation sites is 1. The molecule has 7 nitrogen and oxygen atoms in total.